The van der Waals surface area contributed by atoms with Crippen LogP contribution >= 0.6 is 11.8 Å². The lowest BCUT2D eigenvalue weighted by atomic mass is 9.81. The maximum atomic E-state index is 12.4. The molecule has 0 atom stereocenters. The molecule has 1 aliphatic carbocycles. The number of thioether (sulfide) groups is 1. The van der Waals surface area contributed by atoms with E-state index in [1.54, 1.807) is 17.8 Å². The van der Waals surface area contributed by atoms with Crippen molar-refractivity contribution < 1.29 is 14.4 Å². The van der Waals surface area contributed by atoms with E-state index in [9.17, 15) is 14.4 Å². The molecule has 0 aromatic heterocycles. The normalized spacial score (nSPS) is 19.6. The van der Waals surface area contributed by atoms with Gasteiger partial charge in [0.05, 0.1) is 0 Å². The number of carbonyl (C=O) groups excluding carboxylic acids is 3. The minimum Gasteiger partial charge on any atom is -0.298 e. The molecule has 3 nitrogen and oxygen atoms in total. The highest BCUT2D eigenvalue weighted by Crippen LogP contribution is 2.32. The van der Waals surface area contributed by atoms with Crippen molar-refractivity contribution >= 4 is 29.1 Å². The van der Waals surface area contributed by atoms with Gasteiger partial charge in [0.15, 0.2) is 17.3 Å². The van der Waals surface area contributed by atoms with Gasteiger partial charge in [0.25, 0.3) is 0 Å². The SMILES string of the molecule is O=C1CCCC(=O)C1C(=O)c1ccc2c(c1)CCS2. The maximum absolute atomic E-state index is 12.4. The molecule has 0 bridgehead atoms. The summed E-state index contributed by atoms with van der Waals surface area (Å²) < 4.78 is 0. The van der Waals surface area contributed by atoms with Crippen LogP contribution in [0.15, 0.2) is 23.1 Å². The van der Waals surface area contributed by atoms with Crippen LogP contribution in [0.5, 0.6) is 0 Å². The molecular formula is C15H14O3S. The fourth-order valence-corrected chi connectivity index (χ4v) is 3.76. The number of benzene rings is 1. The minimum absolute atomic E-state index is 0.212. The van der Waals surface area contributed by atoms with Crippen LogP contribution in [0.1, 0.15) is 35.2 Å². The zero-order chi connectivity index (χ0) is 13.4. The van der Waals surface area contributed by atoms with E-state index in [4.69, 9.17) is 0 Å². The van der Waals surface area contributed by atoms with Crippen LogP contribution in [0.2, 0.25) is 0 Å². The molecule has 1 heterocycles. The molecule has 0 N–H and O–H groups in total. The summed E-state index contributed by atoms with van der Waals surface area (Å²) in [5.74, 6) is -0.739. The summed E-state index contributed by atoms with van der Waals surface area (Å²) in [4.78, 5) is 37.2. The van der Waals surface area contributed by atoms with Gasteiger partial charge in [0.2, 0.25) is 0 Å². The quantitative estimate of drug-likeness (QED) is 0.614. The highest BCUT2D eigenvalue weighted by atomic mass is 32.2. The van der Waals surface area contributed by atoms with E-state index in [0.29, 0.717) is 24.8 Å². The number of carbonyl (C=O) groups is 3. The van der Waals surface area contributed by atoms with Gasteiger partial charge < -0.3 is 0 Å². The molecule has 1 aromatic carbocycles. The van der Waals surface area contributed by atoms with E-state index in [2.05, 4.69) is 0 Å². The van der Waals surface area contributed by atoms with Crippen molar-refractivity contribution in [2.24, 2.45) is 5.92 Å². The van der Waals surface area contributed by atoms with Crippen molar-refractivity contribution in [3.05, 3.63) is 29.3 Å². The Morgan fingerprint density at radius 1 is 1.11 bits per heavy atom. The average molecular weight is 274 g/mol. The smallest absolute Gasteiger partial charge is 0.180 e. The Labute approximate surface area is 115 Å². The molecule has 0 amide bonds. The predicted octanol–water partition coefficient (Wildman–Crippen LogP) is 2.46. The van der Waals surface area contributed by atoms with Crippen LogP contribution in [0.25, 0.3) is 0 Å². The third kappa shape index (κ3) is 2.25. The Bertz CT molecular complexity index is 561. The molecule has 0 unspecified atom stereocenters. The second kappa shape index (κ2) is 4.93. The van der Waals surface area contributed by atoms with Gasteiger partial charge in [-0.25, -0.2) is 0 Å². The second-order valence-corrected chi connectivity index (χ2v) is 6.14. The van der Waals surface area contributed by atoms with E-state index >= 15 is 0 Å². The number of Topliss-reactive ketones (excluding diaryl/α,β-unsaturated/α-hetero) is 3. The topological polar surface area (TPSA) is 51.2 Å². The minimum atomic E-state index is -1.04. The van der Waals surface area contributed by atoms with Crippen molar-refractivity contribution in [3.63, 3.8) is 0 Å². The summed E-state index contributed by atoms with van der Waals surface area (Å²) in [5.41, 5.74) is 1.67. The van der Waals surface area contributed by atoms with Gasteiger partial charge in [-0.05, 0) is 30.5 Å². The number of rotatable bonds is 2. The van der Waals surface area contributed by atoms with Crippen LogP contribution in [-0.2, 0) is 16.0 Å². The molecule has 0 spiro atoms. The standard InChI is InChI=1S/C15H14O3S/c16-11-2-1-3-12(17)14(11)15(18)10-4-5-13-9(8-10)6-7-19-13/h4-5,8,14H,1-3,6-7H2. The van der Waals surface area contributed by atoms with E-state index in [1.165, 1.54) is 4.90 Å². The molecule has 0 saturated heterocycles. The fourth-order valence-electron chi connectivity index (χ4n) is 2.70. The van der Waals surface area contributed by atoms with Crippen LogP contribution in [0.3, 0.4) is 0 Å². The van der Waals surface area contributed by atoms with Crippen molar-refractivity contribution in [3.8, 4) is 0 Å². The Morgan fingerprint density at radius 2 is 1.84 bits per heavy atom. The van der Waals surface area contributed by atoms with E-state index < -0.39 is 5.92 Å². The molecule has 1 aliphatic heterocycles. The first kappa shape index (κ1) is 12.6. The lowest BCUT2D eigenvalue weighted by Crippen LogP contribution is -2.35. The van der Waals surface area contributed by atoms with E-state index in [1.807, 2.05) is 12.1 Å². The van der Waals surface area contributed by atoms with Gasteiger partial charge in [-0.15, -0.1) is 11.8 Å². The summed E-state index contributed by atoms with van der Waals surface area (Å²) in [6, 6.07) is 5.53. The molecule has 4 heteroatoms. The maximum Gasteiger partial charge on any atom is 0.180 e. The van der Waals surface area contributed by atoms with Gasteiger partial charge in [-0.2, -0.15) is 0 Å². The van der Waals surface area contributed by atoms with Crippen molar-refractivity contribution in [2.75, 3.05) is 5.75 Å². The summed E-state index contributed by atoms with van der Waals surface area (Å²) in [5, 5.41) is 0. The Balaban J connectivity index is 1.91. The summed E-state index contributed by atoms with van der Waals surface area (Å²) >= 11 is 1.78. The van der Waals surface area contributed by atoms with Crippen molar-refractivity contribution in [1.82, 2.24) is 0 Å². The number of hydrogen-bond acceptors (Lipinski definition) is 4. The van der Waals surface area contributed by atoms with Gasteiger partial charge >= 0.3 is 0 Å². The lowest BCUT2D eigenvalue weighted by Gasteiger charge is -2.18. The van der Waals surface area contributed by atoms with E-state index in [-0.39, 0.29) is 17.3 Å². The summed E-state index contributed by atoms with van der Waals surface area (Å²) in [6.07, 6.45) is 2.24. The average Bonchev–Trinajstić information content (AvgIpc) is 2.85. The molecule has 3 rings (SSSR count). The van der Waals surface area contributed by atoms with Gasteiger partial charge in [-0.3, -0.25) is 14.4 Å². The van der Waals surface area contributed by atoms with Crippen LogP contribution in [-0.4, -0.2) is 23.1 Å². The highest BCUT2D eigenvalue weighted by Gasteiger charge is 2.36. The molecule has 98 valence electrons. The van der Waals surface area contributed by atoms with Crippen molar-refractivity contribution in [2.45, 2.75) is 30.6 Å². The van der Waals surface area contributed by atoms with E-state index in [0.717, 1.165) is 17.7 Å². The fraction of sp³-hybridized carbons (Fsp3) is 0.400. The molecule has 19 heavy (non-hydrogen) atoms. The Morgan fingerprint density at radius 3 is 2.58 bits per heavy atom. The first-order valence-corrected chi connectivity index (χ1v) is 7.51. The Hall–Kier alpha value is -1.42. The predicted molar refractivity (Wildman–Crippen MR) is 72.6 cm³/mol. The van der Waals surface area contributed by atoms with Crippen LogP contribution < -0.4 is 0 Å². The van der Waals surface area contributed by atoms with Crippen LogP contribution in [0, 0.1) is 5.92 Å². The van der Waals surface area contributed by atoms with Gasteiger partial charge in [-0.1, -0.05) is 6.07 Å². The number of fused-ring (bicyclic) bond motifs is 1. The van der Waals surface area contributed by atoms with Crippen LogP contribution in [0.4, 0.5) is 0 Å². The number of aryl methyl sites for hydroxylation is 1. The Kier molecular flexibility index (Phi) is 3.27. The largest absolute Gasteiger partial charge is 0.298 e. The first-order chi connectivity index (χ1) is 9.16. The number of ketones is 3. The molecule has 1 saturated carbocycles. The first-order valence-electron chi connectivity index (χ1n) is 6.52. The molecule has 1 fully saturated rings. The third-order valence-electron chi connectivity index (χ3n) is 3.73. The second-order valence-electron chi connectivity index (χ2n) is 5.00. The van der Waals surface area contributed by atoms with Gasteiger partial charge in [0, 0.05) is 29.1 Å². The summed E-state index contributed by atoms with van der Waals surface area (Å²) in [7, 11) is 0. The summed E-state index contributed by atoms with van der Waals surface area (Å²) in [6.45, 7) is 0. The van der Waals surface area contributed by atoms with Crippen molar-refractivity contribution in [1.29, 1.82) is 0 Å². The van der Waals surface area contributed by atoms with Gasteiger partial charge in [0.1, 0.15) is 5.92 Å². The zero-order valence-corrected chi connectivity index (χ0v) is 11.3. The molecule has 2 aliphatic rings. The number of hydrogen-bond donors (Lipinski definition) is 0. The lowest BCUT2D eigenvalue weighted by molar-refractivity contribution is -0.133. The molecule has 1 aromatic rings. The third-order valence-corrected chi connectivity index (χ3v) is 4.84. The highest BCUT2D eigenvalue weighted by molar-refractivity contribution is 7.99. The zero-order valence-electron chi connectivity index (χ0n) is 10.5. The molecule has 0 radical (unpaired) electrons. The monoisotopic (exact) mass is 274 g/mol. The molecular weight excluding hydrogens is 260 g/mol.